The van der Waals surface area contributed by atoms with Gasteiger partial charge in [0.2, 0.25) is 0 Å². The molecular formula is C16H22O4. The van der Waals surface area contributed by atoms with Crippen LogP contribution in [0.25, 0.3) is 0 Å². The van der Waals surface area contributed by atoms with Gasteiger partial charge >= 0.3 is 5.97 Å². The molecule has 2 unspecified atom stereocenters. The molecule has 1 aliphatic heterocycles. The van der Waals surface area contributed by atoms with Crippen molar-refractivity contribution < 1.29 is 19.4 Å². The van der Waals surface area contributed by atoms with Crippen LogP contribution < -0.4 is 4.74 Å². The van der Waals surface area contributed by atoms with Crippen molar-refractivity contribution in [2.75, 3.05) is 6.61 Å². The lowest BCUT2D eigenvalue weighted by atomic mass is 10.0. The average molecular weight is 278 g/mol. The fourth-order valence-electron chi connectivity index (χ4n) is 2.32. The molecule has 1 heterocycles. The van der Waals surface area contributed by atoms with Crippen LogP contribution in [0.1, 0.15) is 43.7 Å². The number of benzene rings is 1. The lowest BCUT2D eigenvalue weighted by molar-refractivity contribution is -0.149. The van der Waals surface area contributed by atoms with Crippen LogP contribution in [0.2, 0.25) is 0 Å². The fraction of sp³-hybridized carbons (Fsp3) is 0.562. The van der Waals surface area contributed by atoms with Gasteiger partial charge in [-0.05, 0) is 42.9 Å². The van der Waals surface area contributed by atoms with Crippen LogP contribution in [0.5, 0.6) is 5.75 Å². The van der Waals surface area contributed by atoms with Gasteiger partial charge in [0, 0.05) is 0 Å². The minimum atomic E-state index is -0.884. The molecule has 1 aliphatic rings. The van der Waals surface area contributed by atoms with Gasteiger partial charge in [-0.15, -0.1) is 0 Å². The quantitative estimate of drug-likeness (QED) is 0.899. The lowest BCUT2D eigenvalue weighted by Crippen LogP contribution is -2.23. The van der Waals surface area contributed by atoms with Crippen LogP contribution in [-0.2, 0) is 9.53 Å². The second-order valence-electron chi connectivity index (χ2n) is 5.65. The minimum absolute atomic E-state index is 0.127. The standard InChI is InChI=1S/C16H22O4/c1-10(2)12-5-4-11(3)15(8-12)19-9-13-6-7-14(20-13)16(17)18/h4-5,8,10,13-14H,6-7,9H2,1-3H3,(H,17,18). The number of ether oxygens (including phenoxy) is 2. The molecule has 0 amide bonds. The largest absolute Gasteiger partial charge is 0.491 e. The van der Waals surface area contributed by atoms with Crippen LogP contribution >= 0.6 is 0 Å². The molecule has 20 heavy (non-hydrogen) atoms. The number of carboxylic acids is 1. The summed E-state index contributed by atoms with van der Waals surface area (Å²) in [5.74, 6) is 0.432. The van der Waals surface area contributed by atoms with E-state index in [0.29, 0.717) is 18.9 Å². The number of carboxylic acid groups (broad SMARTS) is 1. The van der Waals surface area contributed by atoms with Crippen molar-refractivity contribution in [2.24, 2.45) is 0 Å². The number of rotatable bonds is 5. The molecule has 0 saturated carbocycles. The first-order valence-electron chi connectivity index (χ1n) is 7.09. The molecule has 0 radical (unpaired) electrons. The summed E-state index contributed by atoms with van der Waals surface area (Å²) in [5.41, 5.74) is 2.32. The highest BCUT2D eigenvalue weighted by molar-refractivity contribution is 5.72. The zero-order valence-corrected chi connectivity index (χ0v) is 12.3. The maximum atomic E-state index is 10.8. The summed E-state index contributed by atoms with van der Waals surface area (Å²) < 4.78 is 11.3. The Morgan fingerprint density at radius 2 is 2.20 bits per heavy atom. The molecule has 2 atom stereocenters. The van der Waals surface area contributed by atoms with Gasteiger partial charge in [0.25, 0.3) is 0 Å². The van der Waals surface area contributed by atoms with Gasteiger partial charge < -0.3 is 14.6 Å². The van der Waals surface area contributed by atoms with Crippen molar-refractivity contribution >= 4 is 5.97 Å². The molecule has 1 N–H and O–H groups in total. The Balaban J connectivity index is 1.94. The molecule has 2 rings (SSSR count). The van der Waals surface area contributed by atoms with Crippen LogP contribution in [0.15, 0.2) is 18.2 Å². The third kappa shape index (κ3) is 3.51. The van der Waals surface area contributed by atoms with E-state index in [4.69, 9.17) is 14.6 Å². The number of hydrogen-bond donors (Lipinski definition) is 1. The van der Waals surface area contributed by atoms with Gasteiger partial charge in [-0.3, -0.25) is 0 Å². The van der Waals surface area contributed by atoms with E-state index in [1.807, 2.05) is 6.92 Å². The molecule has 0 spiro atoms. The maximum absolute atomic E-state index is 10.8. The smallest absolute Gasteiger partial charge is 0.332 e. The van der Waals surface area contributed by atoms with E-state index in [-0.39, 0.29) is 6.10 Å². The number of hydrogen-bond acceptors (Lipinski definition) is 3. The van der Waals surface area contributed by atoms with E-state index in [9.17, 15) is 4.79 Å². The van der Waals surface area contributed by atoms with Gasteiger partial charge in [-0.25, -0.2) is 4.79 Å². The molecular weight excluding hydrogens is 256 g/mol. The van der Waals surface area contributed by atoms with Gasteiger partial charge in [0.15, 0.2) is 6.10 Å². The molecule has 1 aromatic rings. The van der Waals surface area contributed by atoms with Crippen molar-refractivity contribution in [3.63, 3.8) is 0 Å². The number of carbonyl (C=O) groups is 1. The highest BCUT2D eigenvalue weighted by Crippen LogP contribution is 2.26. The van der Waals surface area contributed by atoms with E-state index < -0.39 is 12.1 Å². The zero-order valence-electron chi connectivity index (χ0n) is 12.3. The van der Waals surface area contributed by atoms with Crippen LogP contribution in [0.3, 0.4) is 0 Å². The summed E-state index contributed by atoms with van der Waals surface area (Å²) in [6, 6.07) is 6.23. The Morgan fingerprint density at radius 3 is 2.80 bits per heavy atom. The molecule has 0 bridgehead atoms. The van der Waals surface area contributed by atoms with Crippen molar-refractivity contribution in [3.8, 4) is 5.75 Å². The highest BCUT2D eigenvalue weighted by Gasteiger charge is 2.30. The Labute approximate surface area is 119 Å². The average Bonchev–Trinajstić information content (AvgIpc) is 2.86. The summed E-state index contributed by atoms with van der Waals surface area (Å²) >= 11 is 0. The van der Waals surface area contributed by atoms with Gasteiger partial charge in [-0.1, -0.05) is 26.0 Å². The Bertz CT molecular complexity index is 481. The van der Waals surface area contributed by atoms with E-state index in [1.54, 1.807) is 0 Å². The van der Waals surface area contributed by atoms with Crippen molar-refractivity contribution in [1.29, 1.82) is 0 Å². The monoisotopic (exact) mass is 278 g/mol. The Morgan fingerprint density at radius 1 is 1.45 bits per heavy atom. The molecule has 1 fully saturated rings. The number of aryl methyl sites for hydroxylation is 1. The molecule has 1 saturated heterocycles. The van der Waals surface area contributed by atoms with E-state index >= 15 is 0 Å². The van der Waals surface area contributed by atoms with Crippen LogP contribution in [0.4, 0.5) is 0 Å². The summed E-state index contributed by atoms with van der Waals surface area (Å²) in [4.78, 5) is 10.8. The molecule has 0 aliphatic carbocycles. The van der Waals surface area contributed by atoms with E-state index in [1.165, 1.54) is 5.56 Å². The van der Waals surface area contributed by atoms with Crippen LogP contribution in [0, 0.1) is 6.92 Å². The summed E-state index contributed by atoms with van der Waals surface area (Å²) in [6.07, 6.45) is 0.499. The second-order valence-corrected chi connectivity index (χ2v) is 5.65. The van der Waals surface area contributed by atoms with Crippen molar-refractivity contribution in [2.45, 2.75) is 51.7 Å². The Kier molecular flexibility index (Phi) is 4.65. The van der Waals surface area contributed by atoms with Crippen molar-refractivity contribution in [1.82, 2.24) is 0 Å². The summed E-state index contributed by atoms with van der Waals surface area (Å²) in [5, 5.41) is 8.89. The molecule has 4 nitrogen and oxygen atoms in total. The van der Waals surface area contributed by atoms with Gasteiger partial charge in [0.1, 0.15) is 12.4 Å². The molecule has 1 aromatic carbocycles. The maximum Gasteiger partial charge on any atom is 0.332 e. The summed E-state index contributed by atoms with van der Waals surface area (Å²) in [6.45, 7) is 6.71. The first kappa shape index (κ1) is 14.9. The number of aliphatic carboxylic acids is 1. The van der Waals surface area contributed by atoms with Crippen LogP contribution in [-0.4, -0.2) is 29.9 Å². The second kappa shape index (κ2) is 6.27. The third-order valence-electron chi connectivity index (χ3n) is 3.69. The SMILES string of the molecule is Cc1ccc(C(C)C)cc1OCC1CCC(C(=O)O)O1. The predicted molar refractivity (Wildman–Crippen MR) is 76.3 cm³/mol. The van der Waals surface area contributed by atoms with Gasteiger partial charge in [0.05, 0.1) is 6.10 Å². The topological polar surface area (TPSA) is 55.8 Å². The third-order valence-corrected chi connectivity index (χ3v) is 3.69. The lowest BCUT2D eigenvalue weighted by Gasteiger charge is -2.16. The fourth-order valence-corrected chi connectivity index (χ4v) is 2.32. The normalized spacial score (nSPS) is 22.2. The molecule has 0 aromatic heterocycles. The first-order valence-corrected chi connectivity index (χ1v) is 7.09. The first-order chi connectivity index (χ1) is 9.47. The predicted octanol–water partition coefficient (Wildman–Crippen LogP) is 3.13. The molecule has 4 heteroatoms. The van der Waals surface area contributed by atoms with Crippen molar-refractivity contribution in [3.05, 3.63) is 29.3 Å². The zero-order chi connectivity index (χ0) is 14.7. The molecule has 110 valence electrons. The highest BCUT2D eigenvalue weighted by atomic mass is 16.6. The minimum Gasteiger partial charge on any atom is -0.491 e. The van der Waals surface area contributed by atoms with Gasteiger partial charge in [-0.2, -0.15) is 0 Å². The van der Waals surface area contributed by atoms with E-state index in [0.717, 1.165) is 17.7 Å². The summed E-state index contributed by atoms with van der Waals surface area (Å²) in [7, 11) is 0. The Hall–Kier alpha value is -1.55. The van der Waals surface area contributed by atoms with E-state index in [2.05, 4.69) is 32.0 Å².